The summed E-state index contributed by atoms with van der Waals surface area (Å²) in [6.45, 7) is 34.1. The third-order valence-corrected chi connectivity index (χ3v) is 19.7. The first-order chi connectivity index (χ1) is 43.5. The molecule has 1 heterocycles. The van der Waals surface area contributed by atoms with Crippen molar-refractivity contribution in [3.8, 4) is 0 Å². The lowest BCUT2D eigenvalue weighted by molar-refractivity contribution is -0.159. The average Bonchev–Trinajstić information content (AvgIpc) is 0.754. The number of carbonyl (C=O) groups is 11. The van der Waals surface area contributed by atoms with E-state index in [1.54, 1.807) is 47.6 Å². The van der Waals surface area contributed by atoms with Crippen molar-refractivity contribution in [1.82, 2.24) is 60.9 Å². The van der Waals surface area contributed by atoms with Crippen molar-refractivity contribution < 1.29 is 57.8 Å². The molecule has 13 atom stereocenters. The Hall–Kier alpha value is -5.82. The van der Waals surface area contributed by atoms with E-state index in [9.17, 15) is 38.7 Å². The number of unbranched alkanes of at least 4 members (excludes halogenated alkanes) is 2. The highest BCUT2D eigenvalue weighted by atomic mass is 32.2. The second kappa shape index (κ2) is 40.0. The molecule has 0 aromatic carbocycles. The van der Waals surface area contributed by atoms with Crippen LogP contribution in [0.25, 0.3) is 0 Å². The molecule has 1 fully saturated rings. The minimum absolute atomic E-state index is 0.00737. The van der Waals surface area contributed by atoms with Gasteiger partial charge in [0.25, 0.3) is 5.91 Å². The Kier molecular flexibility index (Phi) is 36.7. The van der Waals surface area contributed by atoms with Crippen molar-refractivity contribution >= 4 is 76.7 Å². The van der Waals surface area contributed by atoms with Crippen molar-refractivity contribution in [3.63, 3.8) is 0 Å². The molecule has 1 rings (SSSR count). The fourth-order valence-corrected chi connectivity index (χ4v) is 13.4. The fourth-order valence-electron chi connectivity index (χ4n) is 11.9. The largest absolute Gasteiger partial charge is 0.390 e. The van der Waals surface area contributed by atoms with Gasteiger partial charge in [0.15, 0.2) is 4.87 Å². The molecule has 1 unspecified atom stereocenters. The van der Waals surface area contributed by atoms with Crippen LogP contribution in [0.2, 0.25) is 0 Å². The molecule has 0 aliphatic carbocycles. The SMILES string of the molecule is C/C=C/C[C@@H](C)[C@@H](O)[C@H]1C(=O)N[C@@H](CC)C(=O)N(C)CC(=O)N(C)[C@@H](CC(C)C)C(=O)N[C@@H](C(C)C)C(=O)N(C)[C@@H](CC(C)C)C(=O)N[C@@H](C)C(=O)N[C@H](C)C(=O)N(C)[C@@H](CC(C)C)C(=O)N(C)[C@@H](CC(C)C)C(=O)N(C)[C@](SC(C)NCCCCC)(C(C)C)C(=O)N1C. The maximum absolute atomic E-state index is 16.3. The summed E-state index contributed by atoms with van der Waals surface area (Å²) in [6, 6.07) is -11.3. The van der Waals surface area contributed by atoms with Crippen molar-refractivity contribution in [2.75, 3.05) is 62.4 Å². The number of carbonyl (C=O) groups excluding carboxylic acids is 11. The number of hydrogen-bond donors (Lipinski definition) is 6. The van der Waals surface area contributed by atoms with Gasteiger partial charge in [-0.3, -0.25) is 52.7 Å². The smallest absolute Gasteiger partial charge is 0.259 e. The van der Waals surface area contributed by atoms with E-state index in [-0.39, 0.29) is 55.8 Å². The van der Waals surface area contributed by atoms with Gasteiger partial charge in [-0.25, -0.2) is 0 Å². The second-order valence-electron chi connectivity index (χ2n) is 28.6. The van der Waals surface area contributed by atoms with E-state index in [0.717, 1.165) is 29.1 Å². The molecule has 0 aromatic rings. The van der Waals surface area contributed by atoms with Gasteiger partial charge in [-0.05, 0) is 121 Å². The van der Waals surface area contributed by atoms with Gasteiger partial charge in [-0.2, -0.15) is 0 Å². The van der Waals surface area contributed by atoms with Crippen LogP contribution in [0.15, 0.2) is 12.2 Å². The standard InChI is InChI=1S/C69H126N12O12S/c1-27-30-32-34-70-49(19)94-69(45(14)15)68(93)80(25)57(58(83)46(16)33-31-28-2)62(87)73-50(29-3)64(89)75(20)39-55(82)76(21)51(35-40(4)5)61(86)74-56(44(12)13)67(92)77(22)52(36-41(6)7)60(85)71-47(17)59(84)72-48(18)63(88)78(23)53(37-42(8)9)65(90)79(24)54(38-43(10)11)66(91)81(69)26/h28,31,40-54,56-58,70,83H,27,29-30,32-39H2,1-26H3,(H,71,85)(H,72,84)(H,73,87)(H,74,86)/b31-28+/t46-,47+,48-,49?,50+,51+,52+,53+,54+,56+,57+,58-,69+/m1/s1. The van der Waals surface area contributed by atoms with Crippen LogP contribution >= 0.6 is 11.8 Å². The van der Waals surface area contributed by atoms with Crippen molar-refractivity contribution in [2.45, 2.75) is 260 Å². The van der Waals surface area contributed by atoms with E-state index in [4.69, 9.17) is 0 Å². The lowest BCUT2D eigenvalue weighted by atomic mass is 9.91. The molecule has 0 radical (unpaired) electrons. The fraction of sp³-hybridized carbons (Fsp3) is 0.812. The monoisotopic (exact) mass is 1350 g/mol. The van der Waals surface area contributed by atoms with E-state index in [2.05, 4.69) is 33.5 Å². The highest BCUT2D eigenvalue weighted by molar-refractivity contribution is 8.01. The zero-order valence-corrected chi connectivity index (χ0v) is 63.1. The topological polar surface area (TPSA) is 291 Å². The first kappa shape index (κ1) is 86.2. The third-order valence-electron chi connectivity index (χ3n) is 17.9. The zero-order valence-electron chi connectivity index (χ0n) is 62.3. The number of likely N-dealkylation sites (N-methyl/N-ethyl adjacent to an activating group) is 7. The van der Waals surface area contributed by atoms with Crippen LogP contribution in [0.4, 0.5) is 0 Å². The average molecular weight is 1350 g/mol. The van der Waals surface area contributed by atoms with Crippen molar-refractivity contribution in [1.29, 1.82) is 0 Å². The van der Waals surface area contributed by atoms with Crippen LogP contribution in [-0.4, -0.2) is 238 Å². The Morgan fingerprint density at radius 3 is 1.50 bits per heavy atom. The molecule has 0 spiro atoms. The molecule has 540 valence electrons. The second-order valence-corrected chi connectivity index (χ2v) is 30.2. The molecule has 0 bridgehead atoms. The molecule has 94 heavy (non-hydrogen) atoms. The molecule has 1 aliphatic rings. The van der Waals surface area contributed by atoms with Gasteiger partial charge in [0.1, 0.15) is 54.4 Å². The number of nitrogens with zero attached hydrogens (tertiary/aromatic N) is 7. The van der Waals surface area contributed by atoms with Gasteiger partial charge < -0.3 is 66.0 Å². The maximum Gasteiger partial charge on any atom is 0.259 e. The summed E-state index contributed by atoms with van der Waals surface area (Å²) in [4.78, 5) is 171. The number of rotatable bonds is 22. The van der Waals surface area contributed by atoms with Gasteiger partial charge >= 0.3 is 0 Å². The Morgan fingerprint density at radius 1 is 0.553 bits per heavy atom. The number of allylic oxidation sites excluding steroid dienone is 2. The Morgan fingerprint density at radius 2 is 1.02 bits per heavy atom. The predicted molar refractivity (Wildman–Crippen MR) is 372 cm³/mol. The minimum Gasteiger partial charge on any atom is -0.390 e. The number of nitrogens with one attached hydrogen (secondary N) is 5. The summed E-state index contributed by atoms with van der Waals surface area (Å²) < 4.78 is 0. The summed E-state index contributed by atoms with van der Waals surface area (Å²) >= 11 is 1.17. The molecule has 1 aliphatic heterocycles. The van der Waals surface area contributed by atoms with Crippen LogP contribution in [0.1, 0.15) is 189 Å². The molecule has 11 amide bonds. The summed E-state index contributed by atoms with van der Waals surface area (Å²) in [7, 11) is 10.1. The van der Waals surface area contributed by atoms with Gasteiger partial charge in [-0.1, -0.05) is 129 Å². The maximum atomic E-state index is 16.3. The van der Waals surface area contributed by atoms with Gasteiger partial charge in [-0.15, -0.1) is 11.8 Å². The van der Waals surface area contributed by atoms with Gasteiger partial charge in [0, 0.05) is 49.3 Å². The minimum atomic E-state index is -1.87. The van der Waals surface area contributed by atoms with Crippen LogP contribution in [-0.2, 0) is 52.7 Å². The van der Waals surface area contributed by atoms with Crippen molar-refractivity contribution in [3.05, 3.63) is 12.2 Å². The summed E-state index contributed by atoms with van der Waals surface area (Å²) in [5, 5.41) is 26.6. The summed E-state index contributed by atoms with van der Waals surface area (Å²) in [5.74, 6) is -10.0. The summed E-state index contributed by atoms with van der Waals surface area (Å²) in [5.41, 5.74) is 0. The number of thioether (sulfide) groups is 1. The molecule has 0 saturated carbocycles. The highest BCUT2D eigenvalue weighted by Gasteiger charge is 2.55. The molecule has 1 saturated heterocycles. The molecule has 0 aromatic heterocycles. The predicted octanol–water partition coefficient (Wildman–Crippen LogP) is 5.46. The third kappa shape index (κ3) is 24.1. The van der Waals surface area contributed by atoms with E-state index in [1.165, 1.54) is 99.4 Å². The summed E-state index contributed by atoms with van der Waals surface area (Å²) in [6.07, 6.45) is 5.65. The van der Waals surface area contributed by atoms with E-state index < -0.39 is 160 Å². The molecular weight excluding hydrogens is 1220 g/mol. The van der Waals surface area contributed by atoms with Gasteiger partial charge in [0.05, 0.1) is 18.0 Å². The highest BCUT2D eigenvalue weighted by Crippen LogP contribution is 2.42. The number of hydrogen-bond acceptors (Lipinski definition) is 14. The number of amides is 11. The molecular formula is C69H126N12O12S. The number of aliphatic hydroxyl groups is 1. The van der Waals surface area contributed by atoms with E-state index >= 15 is 19.2 Å². The molecule has 25 heteroatoms. The zero-order chi connectivity index (χ0) is 72.7. The lowest BCUT2D eigenvalue weighted by Crippen LogP contribution is -2.68. The quantitative estimate of drug-likeness (QED) is 0.0446. The van der Waals surface area contributed by atoms with E-state index in [0.29, 0.717) is 13.0 Å². The van der Waals surface area contributed by atoms with Crippen LogP contribution < -0.4 is 26.6 Å². The first-order valence-electron chi connectivity index (χ1n) is 34.3. The van der Waals surface area contributed by atoms with Crippen LogP contribution in [0, 0.1) is 41.4 Å². The Balaban J connectivity index is 4.62. The normalized spacial score (nSPS) is 26.6. The molecule has 24 nitrogen and oxygen atoms in total. The number of aliphatic hydroxyl groups excluding tert-OH is 1. The van der Waals surface area contributed by atoms with Crippen LogP contribution in [0.3, 0.4) is 0 Å². The Labute approximate surface area is 569 Å². The van der Waals surface area contributed by atoms with Crippen molar-refractivity contribution in [2.24, 2.45) is 41.4 Å². The van der Waals surface area contributed by atoms with E-state index in [1.807, 2.05) is 75.3 Å². The Bertz CT molecular complexity index is 2550. The molecule has 6 N–H and O–H groups in total. The first-order valence-corrected chi connectivity index (χ1v) is 35.2. The van der Waals surface area contributed by atoms with Crippen LogP contribution in [0.5, 0.6) is 0 Å². The van der Waals surface area contributed by atoms with Gasteiger partial charge in [0.2, 0.25) is 59.1 Å². The lowest BCUT2D eigenvalue weighted by Gasteiger charge is -2.49.